The van der Waals surface area contributed by atoms with Gasteiger partial charge in [0.2, 0.25) is 0 Å². The quantitative estimate of drug-likeness (QED) is 0.175. The van der Waals surface area contributed by atoms with Gasteiger partial charge in [0.05, 0.1) is 50.6 Å². The SMILES string of the molecule is Cc1cccc(-c2ccc3c4ccccc4n(-c4ccc(-c5c(C#N)cccc5C(F)(F)F)c(-n5c6ccccc6c6ccc(-c7cccc(C)c7)cc65)c4C#N)c3c2)c1. The number of aryl methyl sites for hydroxylation is 2. The fourth-order valence-electron chi connectivity index (χ4n) is 8.93. The van der Waals surface area contributed by atoms with Gasteiger partial charge in [0.1, 0.15) is 11.6 Å². The van der Waals surface area contributed by atoms with Crippen LogP contribution in [0.1, 0.15) is 27.8 Å². The molecule has 8 aromatic carbocycles. The fraction of sp³-hybridized carbons (Fsp3) is 0.0566. The smallest absolute Gasteiger partial charge is 0.308 e. The molecule has 2 aromatic heterocycles. The van der Waals surface area contributed by atoms with Gasteiger partial charge in [0.25, 0.3) is 0 Å². The van der Waals surface area contributed by atoms with Crippen molar-refractivity contribution in [2.75, 3.05) is 0 Å². The Morgan fingerprint density at radius 2 is 0.983 bits per heavy atom. The molecule has 4 nitrogen and oxygen atoms in total. The molecule has 0 unspecified atom stereocenters. The zero-order valence-corrected chi connectivity index (χ0v) is 32.5. The minimum absolute atomic E-state index is 0.115. The molecule has 0 aliphatic rings. The van der Waals surface area contributed by atoms with E-state index in [-0.39, 0.29) is 27.9 Å². The number of aromatic nitrogens is 2. The Labute approximate surface area is 343 Å². The Morgan fingerprint density at radius 3 is 1.53 bits per heavy atom. The second kappa shape index (κ2) is 13.9. The summed E-state index contributed by atoms with van der Waals surface area (Å²) in [5.41, 5.74) is 8.80. The fourth-order valence-corrected chi connectivity index (χ4v) is 8.93. The highest BCUT2D eigenvalue weighted by Crippen LogP contribution is 2.47. The first-order valence-corrected chi connectivity index (χ1v) is 19.5. The minimum atomic E-state index is -4.80. The van der Waals surface area contributed by atoms with Crippen molar-refractivity contribution in [3.63, 3.8) is 0 Å². The molecule has 0 bridgehead atoms. The number of para-hydroxylation sites is 2. The number of rotatable bonds is 5. The molecule has 10 rings (SSSR count). The predicted octanol–water partition coefficient (Wildman–Crippen LogP) is 14.3. The van der Waals surface area contributed by atoms with Gasteiger partial charge in [-0.15, -0.1) is 0 Å². The summed E-state index contributed by atoms with van der Waals surface area (Å²) < 4.78 is 49.4. The van der Waals surface area contributed by atoms with Crippen molar-refractivity contribution >= 4 is 43.6 Å². The van der Waals surface area contributed by atoms with E-state index in [1.165, 1.54) is 12.1 Å². The Morgan fingerprint density at radius 1 is 0.467 bits per heavy atom. The van der Waals surface area contributed by atoms with Crippen LogP contribution in [0, 0.1) is 36.5 Å². The second-order valence-electron chi connectivity index (χ2n) is 15.2. The average Bonchev–Trinajstić information content (AvgIpc) is 3.77. The molecule has 0 spiro atoms. The predicted molar refractivity (Wildman–Crippen MR) is 235 cm³/mol. The minimum Gasteiger partial charge on any atom is -0.308 e. The molecule has 0 fully saturated rings. The first-order valence-electron chi connectivity index (χ1n) is 19.5. The van der Waals surface area contributed by atoms with Gasteiger partial charge in [0, 0.05) is 32.7 Å². The number of halogens is 3. The third-order valence-corrected chi connectivity index (χ3v) is 11.5. The van der Waals surface area contributed by atoms with Gasteiger partial charge in [-0.2, -0.15) is 23.7 Å². The van der Waals surface area contributed by atoms with E-state index >= 15 is 13.2 Å². The lowest BCUT2D eigenvalue weighted by Crippen LogP contribution is -2.11. The van der Waals surface area contributed by atoms with Crippen LogP contribution in [0.4, 0.5) is 13.2 Å². The van der Waals surface area contributed by atoms with Gasteiger partial charge in [-0.1, -0.05) is 132 Å². The highest BCUT2D eigenvalue weighted by molar-refractivity contribution is 6.13. The summed E-state index contributed by atoms with van der Waals surface area (Å²) in [6.45, 7) is 4.08. The van der Waals surface area contributed by atoms with Gasteiger partial charge < -0.3 is 9.13 Å². The second-order valence-corrected chi connectivity index (χ2v) is 15.2. The first kappa shape index (κ1) is 36.5. The molecule has 10 aromatic rings. The van der Waals surface area contributed by atoms with E-state index in [0.717, 1.165) is 72.0 Å². The van der Waals surface area contributed by atoms with Crippen molar-refractivity contribution in [2.45, 2.75) is 20.0 Å². The summed E-state index contributed by atoms with van der Waals surface area (Å²) in [5, 5.41) is 25.7. The number of nitrogens with zero attached hydrogens (tertiary/aromatic N) is 4. The maximum Gasteiger partial charge on any atom is 0.417 e. The Hall–Kier alpha value is -7.87. The van der Waals surface area contributed by atoms with Gasteiger partial charge in [0.15, 0.2) is 0 Å². The molecule has 0 aliphatic heterocycles. The molecular weight excluding hydrogens is 750 g/mol. The molecule has 2 heterocycles. The maximum atomic E-state index is 15.2. The Balaban J connectivity index is 1.39. The molecule has 286 valence electrons. The zero-order valence-electron chi connectivity index (χ0n) is 32.5. The molecule has 0 atom stereocenters. The summed E-state index contributed by atoms with van der Waals surface area (Å²) in [6, 6.07) is 56.1. The molecule has 0 N–H and O–H groups in total. The summed E-state index contributed by atoms with van der Waals surface area (Å²) in [7, 11) is 0. The standard InChI is InChI=1S/C53H33F3N4/c1-32-10-7-12-34(26-32)36-20-22-41-39-15-3-5-18-46(39)59(49(41)28-36)48-25-24-43(51-38(30-57)14-9-17-45(51)53(54,55)56)52(44(48)31-58)60-47-19-6-4-16-40(47)42-23-21-37(29-50(42)60)35-13-8-11-33(2)27-35/h3-29H,1-2H3. The van der Waals surface area contributed by atoms with Crippen LogP contribution in [0.25, 0.3) is 88.4 Å². The molecule has 0 saturated heterocycles. The molecule has 7 heteroatoms. The van der Waals surface area contributed by atoms with Gasteiger partial charge in [-0.25, -0.2) is 0 Å². The van der Waals surface area contributed by atoms with E-state index in [0.29, 0.717) is 16.7 Å². The Bertz CT molecular complexity index is 3480. The van der Waals surface area contributed by atoms with E-state index in [4.69, 9.17) is 0 Å². The van der Waals surface area contributed by atoms with Crippen LogP contribution in [-0.4, -0.2) is 9.13 Å². The number of nitriles is 2. The molecule has 60 heavy (non-hydrogen) atoms. The van der Waals surface area contributed by atoms with Crippen LogP contribution in [0.5, 0.6) is 0 Å². The number of hydrogen-bond donors (Lipinski definition) is 0. The van der Waals surface area contributed by atoms with Crippen LogP contribution in [0.15, 0.2) is 164 Å². The largest absolute Gasteiger partial charge is 0.417 e. The van der Waals surface area contributed by atoms with Gasteiger partial charge in [-0.05, 0) is 78.6 Å². The molecule has 0 aliphatic carbocycles. The number of alkyl halides is 3. The normalized spacial score (nSPS) is 11.7. The van der Waals surface area contributed by atoms with Crippen molar-refractivity contribution in [1.82, 2.24) is 9.13 Å². The molecule has 0 amide bonds. The highest BCUT2D eigenvalue weighted by atomic mass is 19.4. The van der Waals surface area contributed by atoms with Crippen LogP contribution < -0.4 is 0 Å². The van der Waals surface area contributed by atoms with Crippen LogP contribution >= 0.6 is 0 Å². The summed E-state index contributed by atoms with van der Waals surface area (Å²) in [5.74, 6) is 0. The van der Waals surface area contributed by atoms with Crippen molar-refractivity contribution in [3.05, 3.63) is 192 Å². The van der Waals surface area contributed by atoms with Gasteiger partial charge >= 0.3 is 6.18 Å². The number of benzene rings is 8. The van der Waals surface area contributed by atoms with Crippen molar-refractivity contribution < 1.29 is 13.2 Å². The highest BCUT2D eigenvalue weighted by Gasteiger charge is 2.36. The lowest BCUT2D eigenvalue weighted by Gasteiger charge is -2.22. The topological polar surface area (TPSA) is 57.4 Å². The lowest BCUT2D eigenvalue weighted by molar-refractivity contribution is -0.137. The lowest BCUT2D eigenvalue weighted by atomic mass is 9.90. The van der Waals surface area contributed by atoms with E-state index < -0.39 is 11.7 Å². The third-order valence-electron chi connectivity index (χ3n) is 11.5. The molecule has 0 saturated carbocycles. The van der Waals surface area contributed by atoms with Crippen LogP contribution in [-0.2, 0) is 6.18 Å². The van der Waals surface area contributed by atoms with E-state index in [9.17, 15) is 10.5 Å². The molecular formula is C53H33F3N4. The van der Waals surface area contributed by atoms with E-state index in [1.54, 1.807) is 12.1 Å². The van der Waals surface area contributed by atoms with E-state index in [1.807, 2.05) is 113 Å². The van der Waals surface area contributed by atoms with Crippen molar-refractivity contribution in [3.8, 4) is 56.9 Å². The van der Waals surface area contributed by atoms with Crippen molar-refractivity contribution in [1.29, 1.82) is 10.5 Å². The summed E-state index contributed by atoms with van der Waals surface area (Å²) in [4.78, 5) is 0. The molecule has 0 radical (unpaired) electrons. The third kappa shape index (κ3) is 5.74. The van der Waals surface area contributed by atoms with E-state index in [2.05, 4.69) is 55.5 Å². The maximum absolute atomic E-state index is 15.2. The monoisotopic (exact) mass is 782 g/mol. The number of fused-ring (bicyclic) bond motifs is 6. The first-order chi connectivity index (χ1) is 29.1. The summed E-state index contributed by atoms with van der Waals surface area (Å²) >= 11 is 0. The van der Waals surface area contributed by atoms with Crippen molar-refractivity contribution in [2.24, 2.45) is 0 Å². The average molecular weight is 783 g/mol. The van der Waals surface area contributed by atoms with Crippen LogP contribution in [0.2, 0.25) is 0 Å². The van der Waals surface area contributed by atoms with Crippen LogP contribution in [0.3, 0.4) is 0 Å². The Kier molecular flexibility index (Phi) is 8.45. The number of hydrogen-bond acceptors (Lipinski definition) is 2. The van der Waals surface area contributed by atoms with Gasteiger partial charge in [-0.3, -0.25) is 0 Å². The zero-order chi connectivity index (χ0) is 41.3. The summed E-state index contributed by atoms with van der Waals surface area (Å²) in [6.07, 6.45) is -4.80.